The maximum atomic E-state index is 13.4. The van der Waals surface area contributed by atoms with Crippen molar-refractivity contribution in [3.8, 4) is 0 Å². The second-order valence-electron chi connectivity index (χ2n) is 7.65. The number of rotatable bonds is 4. The Morgan fingerprint density at radius 1 is 1.25 bits per heavy atom. The van der Waals surface area contributed by atoms with Crippen molar-refractivity contribution in [1.29, 1.82) is 0 Å². The topological polar surface area (TPSA) is 73.0 Å². The highest BCUT2D eigenvalue weighted by Gasteiger charge is 2.66. The number of alkyl halides is 3. The fourth-order valence-electron chi connectivity index (χ4n) is 2.58. The third-order valence-corrected chi connectivity index (χ3v) is 5.83. The van der Waals surface area contributed by atoms with E-state index in [1.165, 1.54) is 13.0 Å². The van der Waals surface area contributed by atoms with Crippen LogP contribution >= 0.6 is 0 Å². The Bertz CT molecular complexity index is 957. The molecule has 0 N–H and O–H groups in total. The van der Waals surface area contributed by atoms with Gasteiger partial charge in [-0.1, -0.05) is 5.21 Å². The van der Waals surface area contributed by atoms with Crippen molar-refractivity contribution in [3.05, 3.63) is 41.2 Å². The average Bonchev–Trinajstić information content (AvgIpc) is 3.24. The number of aromatic nitrogens is 4. The third-order valence-electron chi connectivity index (χ3n) is 4.43. The van der Waals surface area contributed by atoms with Crippen LogP contribution in [-0.2, 0) is 16.5 Å². The predicted molar refractivity (Wildman–Crippen MR) is 95.8 cm³/mol. The lowest BCUT2D eigenvalue weighted by molar-refractivity contribution is -0.182. The van der Waals surface area contributed by atoms with Gasteiger partial charge in [-0.15, -0.1) is 5.10 Å². The van der Waals surface area contributed by atoms with E-state index in [1.807, 2.05) is 0 Å². The quantitative estimate of drug-likeness (QED) is 0.434. The Morgan fingerprint density at radius 2 is 1.89 bits per heavy atom. The van der Waals surface area contributed by atoms with Gasteiger partial charge in [0.05, 0.1) is 16.6 Å². The van der Waals surface area contributed by atoms with E-state index in [1.54, 1.807) is 20.8 Å². The molecule has 6 nitrogen and oxygen atoms in total. The minimum absolute atomic E-state index is 0.0182. The van der Waals surface area contributed by atoms with Crippen molar-refractivity contribution in [2.75, 3.05) is 0 Å². The fourth-order valence-corrected chi connectivity index (χ4v) is 3.21. The summed E-state index contributed by atoms with van der Waals surface area (Å²) in [6, 6.07) is 2.48. The molecule has 0 bridgehead atoms. The largest absolute Gasteiger partial charge is 0.413 e. The van der Waals surface area contributed by atoms with Crippen molar-refractivity contribution in [2.45, 2.75) is 57.0 Å². The lowest BCUT2D eigenvalue weighted by Gasteiger charge is -2.18. The summed E-state index contributed by atoms with van der Waals surface area (Å²) < 4.78 is 70.3. The van der Waals surface area contributed by atoms with E-state index < -0.39 is 33.4 Å². The molecule has 28 heavy (non-hydrogen) atoms. The van der Waals surface area contributed by atoms with Crippen molar-refractivity contribution in [1.82, 2.24) is 20.0 Å². The van der Waals surface area contributed by atoms with Crippen LogP contribution in [0.3, 0.4) is 0 Å². The van der Waals surface area contributed by atoms with Gasteiger partial charge in [-0.2, -0.15) is 22.0 Å². The maximum absolute atomic E-state index is 13.4. The van der Waals surface area contributed by atoms with E-state index >= 15 is 0 Å². The number of halogens is 4. The summed E-state index contributed by atoms with van der Waals surface area (Å²) in [7, 11) is -1.73. The van der Waals surface area contributed by atoms with Crippen LogP contribution in [0.1, 0.15) is 50.6 Å². The van der Waals surface area contributed by atoms with Gasteiger partial charge in [0.2, 0.25) is 5.95 Å². The molecule has 1 atom stereocenters. The molecule has 0 aliphatic heterocycles. The molecule has 2 heterocycles. The van der Waals surface area contributed by atoms with Gasteiger partial charge in [-0.05, 0) is 52.7 Å². The van der Waals surface area contributed by atoms with E-state index in [4.69, 9.17) is 0 Å². The lowest BCUT2D eigenvalue weighted by atomic mass is 10.1. The highest BCUT2D eigenvalue weighted by Crippen LogP contribution is 2.54. The molecule has 1 aliphatic rings. The zero-order valence-corrected chi connectivity index (χ0v) is 16.5. The van der Waals surface area contributed by atoms with E-state index in [-0.39, 0.29) is 29.9 Å². The summed E-state index contributed by atoms with van der Waals surface area (Å²) >= 11 is 0. The normalized spacial score (nSPS) is 18.2. The SMILES string of the molecule is Cc1nc(F)ccc1C(=N[S@@](=O)C(C)(C)C)c1cn(C2(C(F)(F)F)CC2)nn1. The van der Waals surface area contributed by atoms with Crippen LogP contribution in [0, 0.1) is 12.9 Å². The first-order valence-electron chi connectivity index (χ1n) is 8.49. The van der Waals surface area contributed by atoms with Gasteiger partial charge in [0, 0.05) is 5.56 Å². The molecule has 2 aromatic heterocycles. The molecular formula is C17H19F4N5OS. The lowest BCUT2D eigenvalue weighted by Crippen LogP contribution is -2.35. The van der Waals surface area contributed by atoms with Crippen molar-refractivity contribution >= 4 is 16.7 Å². The first-order chi connectivity index (χ1) is 12.8. The first kappa shape index (κ1) is 20.6. The van der Waals surface area contributed by atoms with Crippen LogP contribution < -0.4 is 0 Å². The fraction of sp³-hybridized carbons (Fsp3) is 0.529. The molecule has 11 heteroatoms. The van der Waals surface area contributed by atoms with Gasteiger partial charge in [0.25, 0.3) is 0 Å². The Labute approximate surface area is 161 Å². The van der Waals surface area contributed by atoms with Crippen LogP contribution in [0.4, 0.5) is 17.6 Å². The molecule has 2 aromatic rings. The van der Waals surface area contributed by atoms with E-state index in [0.29, 0.717) is 5.56 Å². The molecular weight excluding hydrogens is 398 g/mol. The van der Waals surface area contributed by atoms with Gasteiger partial charge in [0.15, 0.2) is 5.54 Å². The van der Waals surface area contributed by atoms with Gasteiger partial charge in [-0.25, -0.2) is 13.9 Å². The summed E-state index contributed by atoms with van der Waals surface area (Å²) in [4.78, 5) is 3.72. The molecule has 3 rings (SSSR count). The van der Waals surface area contributed by atoms with Crippen LogP contribution in [-0.4, -0.2) is 40.8 Å². The first-order valence-corrected chi connectivity index (χ1v) is 9.60. The Morgan fingerprint density at radius 3 is 2.39 bits per heavy atom. The standard InChI is InChI=1S/C17H19F4N5OS/c1-10-11(5-6-13(18)22-10)14(24-28(27)15(2,3)4)12-9-26(25-23-12)16(7-8-16)17(19,20)21/h5-6,9H,7-8H2,1-4H3/t28-/m0/s1. The van der Waals surface area contributed by atoms with E-state index in [2.05, 4.69) is 19.7 Å². The smallest absolute Gasteiger partial charge is 0.237 e. The van der Waals surface area contributed by atoms with Gasteiger partial charge < -0.3 is 0 Å². The molecule has 1 saturated carbocycles. The van der Waals surface area contributed by atoms with Crippen molar-refractivity contribution < 1.29 is 21.8 Å². The molecule has 1 aliphatic carbocycles. The summed E-state index contributed by atoms with van der Waals surface area (Å²) in [5.74, 6) is -0.713. The maximum Gasteiger partial charge on any atom is 0.413 e. The Hall–Kier alpha value is -2.17. The minimum atomic E-state index is -4.46. The van der Waals surface area contributed by atoms with Gasteiger partial charge in [0.1, 0.15) is 22.4 Å². The van der Waals surface area contributed by atoms with Crippen LogP contribution in [0.15, 0.2) is 22.7 Å². The average molecular weight is 417 g/mol. The summed E-state index contributed by atoms with van der Waals surface area (Å²) in [5, 5.41) is 7.49. The zero-order chi connectivity index (χ0) is 20.9. The molecule has 1 fully saturated rings. The molecule has 0 radical (unpaired) electrons. The van der Waals surface area contributed by atoms with Crippen molar-refractivity contribution in [3.63, 3.8) is 0 Å². The number of hydrogen-bond acceptors (Lipinski definition) is 4. The van der Waals surface area contributed by atoms with Crippen molar-refractivity contribution in [2.24, 2.45) is 4.40 Å². The van der Waals surface area contributed by atoms with Gasteiger partial charge in [-0.3, -0.25) is 0 Å². The number of nitrogens with zero attached hydrogens (tertiary/aromatic N) is 5. The molecule has 152 valence electrons. The summed E-state index contributed by atoms with van der Waals surface area (Å²) in [6.07, 6.45) is -3.49. The Balaban J connectivity index is 2.11. The minimum Gasteiger partial charge on any atom is -0.237 e. The monoisotopic (exact) mass is 417 g/mol. The highest BCUT2D eigenvalue weighted by atomic mass is 32.2. The molecule has 0 unspecified atom stereocenters. The predicted octanol–water partition coefficient (Wildman–Crippen LogP) is 3.47. The molecule has 0 aromatic carbocycles. The summed E-state index contributed by atoms with van der Waals surface area (Å²) in [6.45, 7) is 6.65. The third kappa shape index (κ3) is 3.71. The van der Waals surface area contributed by atoms with Crippen LogP contribution in [0.25, 0.3) is 0 Å². The zero-order valence-electron chi connectivity index (χ0n) is 15.7. The number of pyridine rings is 1. The second-order valence-corrected chi connectivity index (χ2v) is 9.55. The number of hydrogen-bond donors (Lipinski definition) is 0. The molecule has 0 amide bonds. The molecule has 0 spiro atoms. The van der Waals surface area contributed by atoms with Crippen LogP contribution in [0.5, 0.6) is 0 Å². The number of aryl methyl sites for hydroxylation is 1. The summed E-state index contributed by atoms with van der Waals surface area (Å²) in [5.41, 5.74) is -1.42. The van der Waals surface area contributed by atoms with Crippen LogP contribution in [0.2, 0.25) is 0 Å². The van der Waals surface area contributed by atoms with E-state index in [9.17, 15) is 21.8 Å². The second kappa shape index (κ2) is 6.71. The Kier molecular flexibility index (Phi) is 4.93. The highest BCUT2D eigenvalue weighted by molar-refractivity contribution is 7.85. The molecule has 0 saturated heterocycles. The van der Waals surface area contributed by atoms with E-state index in [0.717, 1.165) is 16.9 Å². The van der Waals surface area contributed by atoms with Gasteiger partial charge >= 0.3 is 6.18 Å².